The molecule has 1 aliphatic carbocycles. The van der Waals surface area contributed by atoms with Crippen LogP contribution in [0.25, 0.3) is 22.3 Å². The summed E-state index contributed by atoms with van der Waals surface area (Å²) < 4.78 is 34.9. The van der Waals surface area contributed by atoms with Crippen LogP contribution in [0.4, 0.5) is 9.59 Å². The number of methoxy groups -OCH3 is 1. The van der Waals surface area contributed by atoms with Gasteiger partial charge in [-0.3, -0.25) is 23.6 Å². The summed E-state index contributed by atoms with van der Waals surface area (Å²) in [6.07, 6.45) is 1.66. The highest BCUT2D eigenvalue weighted by Crippen LogP contribution is 2.37. The molecule has 2 amide bonds. The third-order valence-electron chi connectivity index (χ3n) is 9.61. The molecule has 1 unspecified atom stereocenters. The Hall–Kier alpha value is -6.10. The molecule has 1 saturated carbocycles. The minimum Gasteiger partial charge on any atom is -0.467 e. The molecule has 56 heavy (non-hydrogen) atoms. The number of hydrogen-bond acceptors (Lipinski definition) is 16. The van der Waals surface area contributed by atoms with Gasteiger partial charge in [-0.2, -0.15) is 10.4 Å². The van der Waals surface area contributed by atoms with Gasteiger partial charge in [0.1, 0.15) is 6.33 Å². The van der Waals surface area contributed by atoms with Gasteiger partial charge in [0, 0.05) is 71.3 Å². The van der Waals surface area contributed by atoms with Gasteiger partial charge in [0.2, 0.25) is 12.4 Å². The van der Waals surface area contributed by atoms with E-state index in [-0.39, 0.29) is 19.1 Å². The largest absolute Gasteiger partial charge is 0.467 e. The van der Waals surface area contributed by atoms with E-state index >= 15 is 0 Å². The summed E-state index contributed by atoms with van der Waals surface area (Å²) in [4.78, 5) is 87.0. The fraction of sp³-hybridized carbons (Fsp3) is 0.556. The molecule has 2 fully saturated rings. The van der Waals surface area contributed by atoms with Crippen LogP contribution < -0.4 is 0 Å². The van der Waals surface area contributed by atoms with Gasteiger partial charge in [0.15, 0.2) is 24.0 Å². The number of rotatable bonds is 12. The average Bonchev–Trinajstić information content (AvgIpc) is 3.96. The van der Waals surface area contributed by atoms with Crippen molar-refractivity contribution in [3.8, 4) is 17.3 Å². The van der Waals surface area contributed by atoms with Crippen molar-refractivity contribution in [2.75, 3.05) is 34.3 Å². The van der Waals surface area contributed by atoms with E-state index in [2.05, 4.69) is 21.1 Å². The van der Waals surface area contributed by atoms with Gasteiger partial charge >= 0.3 is 36.0 Å². The number of fused-ring (bicyclic) bond motifs is 1. The van der Waals surface area contributed by atoms with Crippen LogP contribution >= 0.6 is 0 Å². The van der Waals surface area contributed by atoms with Crippen molar-refractivity contribution in [1.82, 2.24) is 34.1 Å². The first-order valence-corrected chi connectivity index (χ1v) is 17.9. The Morgan fingerprint density at radius 2 is 1.57 bits per heavy atom. The van der Waals surface area contributed by atoms with Gasteiger partial charge in [-0.25, -0.2) is 24.4 Å². The molecule has 1 saturated heterocycles. The molecular weight excluding hydrogens is 736 g/mol. The molecule has 3 aromatic rings. The predicted molar refractivity (Wildman–Crippen MR) is 190 cm³/mol. The highest BCUT2D eigenvalue weighted by Gasteiger charge is 2.56. The van der Waals surface area contributed by atoms with Crippen LogP contribution in [0.15, 0.2) is 31.0 Å². The Balaban J connectivity index is 1.27. The smallest absolute Gasteiger partial charge is 0.412 e. The fourth-order valence-electron chi connectivity index (χ4n) is 6.92. The zero-order chi connectivity index (χ0) is 40.7. The molecule has 6 atom stereocenters. The maximum Gasteiger partial charge on any atom is 0.412 e. The summed E-state index contributed by atoms with van der Waals surface area (Å²) >= 11 is 0. The van der Waals surface area contributed by atoms with Crippen LogP contribution in [0.1, 0.15) is 58.9 Å². The van der Waals surface area contributed by atoms with Crippen LogP contribution in [0.2, 0.25) is 0 Å². The monoisotopic (exact) mass is 780 g/mol. The number of hydrogen-bond donors (Lipinski definition) is 0. The first-order valence-electron chi connectivity index (χ1n) is 17.9. The van der Waals surface area contributed by atoms with Crippen molar-refractivity contribution in [2.24, 2.45) is 5.92 Å². The van der Waals surface area contributed by atoms with Gasteiger partial charge < -0.3 is 38.2 Å². The van der Waals surface area contributed by atoms with Gasteiger partial charge in [-0.15, -0.1) is 0 Å². The van der Waals surface area contributed by atoms with Crippen molar-refractivity contribution in [3.63, 3.8) is 0 Å². The van der Waals surface area contributed by atoms with Crippen LogP contribution in [-0.2, 0) is 47.6 Å². The summed E-state index contributed by atoms with van der Waals surface area (Å²) in [6.45, 7) is 3.04. The van der Waals surface area contributed by atoms with Crippen LogP contribution in [0.5, 0.6) is 0 Å². The number of carbonyl (C=O) groups is 6. The fourth-order valence-corrected chi connectivity index (χ4v) is 6.92. The molecule has 3 aromatic heterocycles. The van der Waals surface area contributed by atoms with Crippen molar-refractivity contribution < 1.29 is 57.2 Å². The van der Waals surface area contributed by atoms with Crippen LogP contribution in [-0.4, -0.2) is 135 Å². The van der Waals surface area contributed by atoms with E-state index in [1.807, 2.05) is 10.9 Å². The normalized spacial score (nSPS) is 21.3. The number of likely N-dealkylation sites (N-methyl/N-ethyl adjacent to an activating group) is 2. The van der Waals surface area contributed by atoms with E-state index < -0.39 is 66.7 Å². The molecule has 5 rings (SSSR count). The minimum atomic E-state index is -1.83. The Morgan fingerprint density at radius 1 is 0.929 bits per heavy atom. The first-order chi connectivity index (χ1) is 26.7. The Labute approximate surface area is 321 Å². The maximum atomic E-state index is 13.6. The summed E-state index contributed by atoms with van der Waals surface area (Å²) in [5.74, 6) is -3.34. The quantitative estimate of drug-likeness (QED) is 0.190. The number of ether oxygens (including phenoxy) is 6. The Kier molecular flexibility index (Phi) is 13.2. The molecule has 0 bridgehead atoms. The van der Waals surface area contributed by atoms with Crippen molar-refractivity contribution in [2.45, 2.75) is 89.6 Å². The maximum absolute atomic E-state index is 13.6. The standard InChI is InChI=1S/C36H44N8O12/c1-20(45)52-28-29(53-21(2)46)31(54-22(3)47)34(55-30(28)33(48)51-6)56-36(50)42(5)16-15-41(4)35(49)43-14-12-25-27(38-19-39-32(25)43)24-17-40-44(18-24)26(11-13-37)23-9-7-8-10-23/h12,14,17-19,23,26,28-31,34H,7-11,15-16H2,1-6H3/t26?,28-,29-,30-,31+,34-/m0/s1. The summed E-state index contributed by atoms with van der Waals surface area (Å²) in [6, 6.07) is 3.51. The second-order valence-corrected chi connectivity index (χ2v) is 13.5. The highest BCUT2D eigenvalue weighted by atomic mass is 16.8. The van der Waals surface area contributed by atoms with Gasteiger partial charge in [-0.05, 0) is 24.8 Å². The number of esters is 4. The average molecular weight is 781 g/mol. The van der Waals surface area contributed by atoms with Gasteiger partial charge in [-0.1, -0.05) is 12.8 Å². The van der Waals surface area contributed by atoms with E-state index in [0.717, 1.165) is 58.5 Å². The number of amides is 2. The molecule has 0 spiro atoms. The zero-order valence-corrected chi connectivity index (χ0v) is 31.9. The molecule has 2 aliphatic rings. The van der Waals surface area contributed by atoms with Crippen LogP contribution in [0.3, 0.4) is 0 Å². The SMILES string of the molecule is COC(=O)[C@H]1O[C@@H](OC(=O)N(C)CCN(C)C(=O)n2ccc3c(-c4cnn(C(CC#N)C5CCCC5)c4)ncnc32)[C@H](OC(C)=O)[C@@H](OC(C)=O)[C@@H]1OC(C)=O. The molecule has 20 nitrogen and oxygen atoms in total. The lowest BCUT2D eigenvalue weighted by Crippen LogP contribution is -2.64. The number of nitriles is 1. The molecule has 4 heterocycles. The molecule has 20 heteroatoms. The molecule has 0 aromatic carbocycles. The minimum absolute atomic E-state index is 0.00451. The Morgan fingerprint density at radius 3 is 2.21 bits per heavy atom. The molecule has 1 aliphatic heterocycles. The van der Waals surface area contributed by atoms with Crippen LogP contribution in [0, 0.1) is 17.2 Å². The topological polar surface area (TPSA) is 237 Å². The zero-order valence-electron chi connectivity index (χ0n) is 31.9. The predicted octanol–water partition coefficient (Wildman–Crippen LogP) is 2.60. The summed E-state index contributed by atoms with van der Waals surface area (Å²) in [5.41, 5.74) is 1.63. The van der Waals surface area contributed by atoms with Gasteiger partial charge in [0.05, 0.1) is 37.5 Å². The summed E-state index contributed by atoms with van der Waals surface area (Å²) in [7, 11) is 3.93. The highest BCUT2D eigenvalue weighted by molar-refractivity contribution is 5.96. The number of aromatic nitrogens is 5. The second kappa shape index (κ2) is 18.0. The van der Waals surface area contributed by atoms with E-state index in [4.69, 9.17) is 28.4 Å². The molecule has 300 valence electrons. The van der Waals surface area contributed by atoms with Crippen molar-refractivity contribution in [1.29, 1.82) is 5.26 Å². The lowest BCUT2D eigenvalue weighted by Gasteiger charge is -2.43. The van der Waals surface area contributed by atoms with Gasteiger partial charge in [0.25, 0.3) is 0 Å². The third-order valence-corrected chi connectivity index (χ3v) is 9.61. The molecule has 0 radical (unpaired) electrons. The van der Waals surface area contributed by atoms with E-state index in [1.54, 1.807) is 18.5 Å². The lowest BCUT2D eigenvalue weighted by atomic mass is 9.96. The first kappa shape index (κ1) is 41.1. The number of carbonyl (C=O) groups excluding carboxylic acids is 6. The van der Waals surface area contributed by atoms with E-state index in [1.165, 1.54) is 29.9 Å². The lowest BCUT2D eigenvalue weighted by molar-refractivity contribution is -0.289. The van der Waals surface area contributed by atoms with E-state index in [9.17, 15) is 34.0 Å². The second-order valence-electron chi connectivity index (χ2n) is 13.5. The van der Waals surface area contributed by atoms with Crippen molar-refractivity contribution >= 4 is 47.0 Å². The third kappa shape index (κ3) is 9.22. The molecule has 0 N–H and O–H groups in total. The summed E-state index contributed by atoms with van der Waals surface area (Å²) in [5, 5.41) is 14.7. The number of nitrogens with zero attached hydrogens (tertiary/aromatic N) is 8. The molecular formula is C36H44N8O12. The Bertz CT molecular complexity index is 1980. The van der Waals surface area contributed by atoms with E-state index in [0.29, 0.717) is 34.6 Å². The van der Waals surface area contributed by atoms with Crippen molar-refractivity contribution in [3.05, 3.63) is 31.0 Å².